The molecule has 2 aromatic carbocycles. The van der Waals surface area contributed by atoms with E-state index in [1.165, 1.54) is 30.3 Å². The lowest BCUT2D eigenvalue weighted by Gasteiger charge is -2.27. The molecular weight excluding hydrogens is 449 g/mol. The molecule has 0 saturated carbocycles. The second-order valence-electron chi connectivity index (χ2n) is 7.56. The van der Waals surface area contributed by atoms with Gasteiger partial charge in [0.05, 0.1) is 18.8 Å². The summed E-state index contributed by atoms with van der Waals surface area (Å²) in [6.07, 6.45) is -3.11. The predicted octanol–water partition coefficient (Wildman–Crippen LogP) is 4.60. The minimum Gasteiger partial charge on any atom is -0.457 e. The van der Waals surface area contributed by atoms with Crippen LogP contribution in [0.1, 0.15) is 21.7 Å². The van der Waals surface area contributed by atoms with Gasteiger partial charge in [0.15, 0.2) is 0 Å². The number of morpholine rings is 1. The first kappa shape index (κ1) is 23.3. The van der Waals surface area contributed by atoms with Gasteiger partial charge >= 0.3 is 6.18 Å². The van der Waals surface area contributed by atoms with E-state index < -0.39 is 23.6 Å². The SMILES string of the molecule is O=C(NC(=Cc1ccc(-c2cccc(C(F)(F)F)c2)o1)C(=O)N1CCOCC1)c1ccccc1. The van der Waals surface area contributed by atoms with Gasteiger partial charge in [-0.15, -0.1) is 0 Å². The normalized spacial score (nSPS) is 14.7. The van der Waals surface area contributed by atoms with Gasteiger partial charge in [0.1, 0.15) is 17.2 Å². The number of furan rings is 1. The molecule has 0 unspecified atom stereocenters. The van der Waals surface area contributed by atoms with Gasteiger partial charge in [-0.05, 0) is 36.4 Å². The molecule has 0 atom stereocenters. The zero-order chi connectivity index (χ0) is 24.1. The molecule has 0 bridgehead atoms. The molecule has 9 heteroatoms. The Morgan fingerprint density at radius 1 is 0.941 bits per heavy atom. The van der Waals surface area contributed by atoms with E-state index in [1.807, 2.05) is 0 Å². The maximum Gasteiger partial charge on any atom is 0.416 e. The Labute approximate surface area is 193 Å². The van der Waals surface area contributed by atoms with Crippen molar-refractivity contribution in [1.29, 1.82) is 0 Å². The molecule has 2 amide bonds. The summed E-state index contributed by atoms with van der Waals surface area (Å²) in [6, 6.07) is 16.2. The predicted molar refractivity (Wildman–Crippen MR) is 118 cm³/mol. The van der Waals surface area contributed by atoms with Gasteiger partial charge in [-0.1, -0.05) is 30.3 Å². The standard InChI is InChI=1S/C25H21F3N2O4/c26-25(27,28)19-8-4-7-18(15-19)22-10-9-20(34-22)16-21(24(32)30-11-13-33-14-12-30)29-23(31)17-5-2-1-3-6-17/h1-10,15-16H,11-14H2,(H,29,31). The van der Waals surface area contributed by atoms with Crippen LogP contribution in [0, 0.1) is 0 Å². The van der Waals surface area contributed by atoms with Gasteiger partial charge in [0.2, 0.25) is 0 Å². The van der Waals surface area contributed by atoms with E-state index in [1.54, 1.807) is 35.2 Å². The Morgan fingerprint density at radius 2 is 1.68 bits per heavy atom. The average molecular weight is 470 g/mol. The first-order valence-corrected chi connectivity index (χ1v) is 10.5. The highest BCUT2D eigenvalue weighted by molar-refractivity contribution is 6.05. The number of amides is 2. The van der Waals surface area contributed by atoms with Crippen LogP contribution >= 0.6 is 0 Å². The molecule has 1 aliphatic rings. The fourth-order valence-corrected chi connectivity index (χ4v) is 3.45. The monoisotopic (exact) mass is 470 g/mol. The lowest BCUT2D eigenvalue weighted by Crippen LogP contribution is -2.44. The van der Waals surface area contributed by atoms with E-state index in [4.69, 9.17) is 9.15 Å². The van der Waals surface area contributed by atoms with Crippen molar-refractivity contribution in [2.24, 2.45) is 0 Å². The summed E-state index contributed by atoms with van der Waals surface area (Å²) in [7, 11) is 0. The second-order valence-corrected chi connectivity index (χ2v) is 7.56. The summed E-state index contributed by atoms with van der Waals surface area (Å²) in [6.45, 7) is 1.49. The van der Waals surface area contributed by atoms with Crippen molar-refractivity contribution in [2.45, 2.75) is 6.18 Å². The third-order valence-electron chi connectivity index (χ3n) is 5.20. The summed E-state index contributed by atoms with van der Waals surface area (Å²) in [5.74, 6) is -0.481. The zero-order valence-corrected chi connectivity index (χ0v) is 18.0. The maximum atomic E-state index is 13.1. The van der Waals surface area contributed by atoms with Crippen LogP contribution in [0.3, 0.4) is 0 Å². The van der Waals surface area contributed by atoms with Gasteiger partial charge in [0, 0.05) is 30.3 Å². The van der Waals surface area contributed by atoms with Crippen molar-refractivity contribution in [3.8, 4) is 11.3 Å². The molecule has 2 heterocycles. The van der Waals surface area contributed by atoms with Crippen LogP contribution in [-0.4, -0.2) is 43.0 Å². The van der Waals surface area contributed by atoms with Crippen molar-refractivity contribution in [1.82, 2.24) is 10.2 Å². The largest absolute Gasteiger partial charge is 0.457 e. The number of ether oxygens (including phenoxy) is 1. The summed E-state index contributed by atoms with van der Waals surface area (Å²) >= 11 is 0. The van der Waals surface area contributed by atoms with Crippen LogP contribution < -0.4 is 5.32 Å². The molecular formula is C25H21F3N2O4. The Morgan fingerprint density at radius 3 is 2.38 bits per heavy atom. The molecule has 0 spiro atoms. The average Bonchev–Trinajstić information content (AvgIpc) is 3.32. The van der Waals surface area contributed by atoms with Crippen molar-refractivity contribution in [2.75, 3.05) is 26.3 Å². The van der Waals surface area contributed by atoms with Crippen LogP contribution in [0.15, 0.2) is 76.8 Å². The van der Waals surface area contributed by atoms with Gasteiger partial charge in [0.25, 0.3) is 11.8 Å². The number of hydrogen-bond acceptors (Lipinski definition) is 4. The highest BCUT2D eigenvalue weighted by Crippen LogP contribution is 2.33. The fraction of sp³-hybridized carbons (Fsp3) is 0.200. The highest BCUT2D eigenvalue weighted by Gasteiger charge is 2.30. The molecule has 1 aromatic heterocycles. The van der Waals surface area contributed by atoms with Gasteiger partial charge in [-0.2, -0.15) is 13.2 Å². The van der Waals surface area contributed by atoms with E-state index in [0.29, 0.717) is 31.9 Å². The Hall–Kier alpha value is -3.85. The number of nitrogens with zero attached hydrogens (tertiary/aromatic N) is 1. The number of halogens is 3. The van der Waals surface area contributed by atoms with Crippen molar-refractivity contribution < 1.29 is 31.9 Å². The van der Waals surface area contributed by atoms with Crippen LogP contribution in [0.25, 0.3) is 17.4 Å². The summed E-state index contributed by atoms with van der Waals surface area (Å²) in [5, 5.41) is 2.64. The van der Waals surface area contributed by atoms with E-state index >= 15 is 0 Å². The fourth-order valence-electron chi connectivity index (χ4n) is 3.45. The second kappa shape index (κ2) is 9.96. The Balaban J connectivity index is 1.63. The first-order chi connectivity index (χ1) is 16.3. The van der Waals surface area contributed by atoms with E-state index in [9.17, 15) is 22.8 Å². The Kier molecular flexibility index (Phi) is 6.83. The van der Waals surface area contributed by atoms with Crippen LogP contribution in [-0.2, 0) is 15.7 Å². The Bertz CT molecular complexity index is 1200. The first-order valence-electron chi connectivity index (χ1n) is 10.5. The molecule has 176 valence electrons. The van der Waals surface area contributed by atoms with E-state index in [2.05, 4.69) is 5.32 Å². The topological polar surface area (TPSA) is 71.8 Å². The van der Waals surface area contributed by atoms with Crippen LogP contribution in [0.5, 0.6) is 0 Å². The van der Waals surface area contributed by atoms with Gasteiger partial charge < -0.3 is 19.4 Å². The molecule has 1 aliphatic heterocycles. The molecule has 0 radical (unpaired) electrons. The minimum atomic E-state index is -4.48. The van der Waals surface area contributed by atoms with Gasteiger partial charge in [-0.25, -0.2) is 0 Å². The highest BCUT2D eigenvalue weighted by atomic mass is 19.4. The maximum absolute atomic E-state index is 13.1. The lowest BCUT2D eigenvalue weighted by atomic mass is 10.1. The van der Waals surface area contributed by atoms with Crippen LogP contribution in [0.4, 0.5) is 13.2 Å². The number of alkyl halides is 3. The minimum absolute atomic E-state index is 0.0132. The van der Waals surface area contributed by atoms with Crippen molar-refractivity contribution in [3.05, 3.63) is 89.3 Å². The number of nitrogens with one attached hydrogen (secondary N) is 1. The molecule has 4 rings (SSSR count). The molecule has 34 heavy (non-hydrogen) atoms. The molecule has 3 aromatic rings. The lowest BCUT2D eigenvalue weighted by molar-refractivity contribution is -0.137. The summed E-state index contributed by atoms with van der Waals surface area (Å²) < 4.78 is 50.2. The number of carbonyl (C=O) groups is 2. The summed E-state index contributed by atoms with van der Waals surface area (Å²) in [5.41, 5.74) is -0.200. The third-order valence-corrected chi connectivity index (χ3v) is 5.20. The van der Waals surface area contributed by atoms with E-state index in [-0.39, 0.29) is 22.8 Å². The van der Waals surface area contributed by atoms with Crippen LogP contribution in [0.2, 0.25) is 0 Å². The molecule has 1 N–H and O–H groups in total. The number of rotatable bonds is 5. The number of carbonyl (C=O) groups excluding carboxylic acids is 2. The molecule has 1 saturated heterocycles. The molecule has 6 nitrogen and oxygen atoms in total. The summed E-state index contributed by atoms with van der Waals surface area (Å²) in [4.78, 5) is 27.4. The number of benzene rings is 2. The van der Waals surface area contributed by atoms with Crippen molar-refractivity contribution >= 4 is 17.9 Å². The van der Waals surface area contributed by atoms with Gasteiger partial charge in [-0.3, -0.25) is 9.59 Å². The molecule has 0 aliphatic carbocycles. The van der Waals surface area contributed by atoms with E-state index in [0.717, 1.165) is 12.1 Å². The number of hydrogen-bond donors (Lipinski definition) is 1. The smallest absolute Gasteiger partial charge is 0.416 e. The van der Waals surface area contributed by atoms with Crippen molar-refractivity contribution in [3.63, 3.8) is 0 Å². The molecule has 1 fully saturated rings. The third kappa shape index (κ3) is 5.55. The zero-order valence-electron chi connectivity index (χ0n) is 18.0. The quantitative estimate of drug-likeness (QED) is 0.554.